The normalized spacial score (nSPS) is 14.8. The van der Waals surface area contributed by atoms with Crippen molar-refractivity contribution in [1.82, 2.24) is 14.7 Å². The molecule has 0 radical (unpaired) electrons. The van der Waals surface area contributed by atoms with E-state index in [0.717, 1.165) is 60.1 Å². The number of benzene rings is 2. The Kier molecular flexibility index (Phi) is 7.15. The van der Waals surface area contributed by atoms with Crippen LogP contribution in [0.15, 0.2) is 54.7 Å². The molecule has 6 N–H and O–H groups in total. The summed E-state index contributed by atoms with van der Waals surface area (Å²) in [6.07, 6.45) is 6.83. The molecule has 3 amide bonds. The molecule has 1 atom stereocenters. The third-order valence-electron chi connectivity index (χ3n) is 7.12. The molecular weight excluding hydrogens is 500 g/mol. The van der Waals surface area contributed by atoms with Gasteiger partial charge in [0.15, 0.2) is 5.69 Å². The topological polar surface area (TPSA) is 147 Å². The van der Waals surface area contributed by atoms with E-state index in [-0.39, 0.29) is 28.2 Å². The van der Waals surface area contributed by atoms with E-state index in [0.29, 0.717) is 11.3 Å². The highest BCUT2D eigenvalue weighted by molar-refractivity contribution is 7.09. The summed E-state index contributed by atoms with van der Waals surface area (Å²) in [6, 6.07) is 14.1. The number of hydrogen-bond acceptors (Lipinski definition) is 6. The van der Waals surface area contributed by atoms with Crippen molar-refractivity contribution in [1.29, 1.82) is 0 Å². The van der Waals surface area contributed by atoms with Crippen LogP contribution in [0.5, 0.6) is 0 Å². The maximum atomic E-state index is 14.3. The average Bonchev–Trinajstić information content (AvgIpc) is 3.51. The molecule has 1 aliphatic rings. The number of amides is 3. The number of nitrogens with zero attached hydrogens (tertiary/aromatic N) is 2. The zero-order chi connectivity index (χ0) is 26.8. The summed E-state index contributed by atoms with van der Waals surface area (Å²) in [5, 5.41) is 4.05. The summed E-state index contributed by atoms with van der Waals surface area (Å²) >= 11 is 0.801. The van der Waals surface area contributed by atoms with Gasteiger partial charge in [-0.25, -0.2) is 0 Å². The highest BCUT2D eigenvalue weighted by Gasteiger charge is 2.38. The highest BCUT2D eigenvalue weighted by Crippen LogP contribution is 2.37. The zero-order valence-electron chi connectivity index (χ0n) is 21.1. The van der Waals surface area contributed by atoms with Crippen molar-refractivity contribution in [2.75, 3.05) is 10.6 Å². The van der Waals surface area contributed by atoms with Crippen LogP contribution >= 0.6 is 11.5 Å². The monoisotopic (exact) mass is 530 g/mol. The van der Waals surface area contributed by atoms with Crippen LogP contribution in [0.3, 0.4) is 0 Å². The lowest BCUT2D eigenvalue weighted by molar-refractivity contribution is -0.123. The second-order valence-electron chi connectivity index (χ2n) is 9.64. The lowest BCUT2D eigenvalue weighted by atomic mass is 9.94. The maximum Gasteiger partial charge on any atom is 0.273 e. The van der Waals surface area contributed by atoms with Gasteiger partial charge < -0.3 is 21.8 Å². The van der Waals surface area contributed by atoms with Gasteiger partial charge in [0.2, 0.25) is 5.91 Å². The van der Waals surface area contributed by atoms with Gasteiger partial charge in [-0.05, 0) is 49.0 Å². The third-order valence-corrected chi connectivity index (χ3v) is 7.97. The van der Waals surface area contributed by atoms with E-state index in [1.165, 1.54) is 4.90 Å². The van der Waals surface area contributed by atoms with Crippen molar-refractivity contribution in [3.8, 4) is 0 Å². The van der Waals surface area contributed by atoms with Crippen LogP contribution in [0.4, 0.5) is 11.4 Å². The van der Waals surface area contributed by atoms with Gasteiger partial charge in [0.1, 0.15) is 10.9 Å². The van der Waals surface area contributed by atoms with E-state index in [4.69, 9.17) is 11.5 Å². The number of carbonyl (C=O) groups excluding carboxylic acids is 3. The number of nitrogen functional groups attached to an aromatic ring is 1. The number of fused-ring (bicyclic) bond motifs is 1. The van der Waals surface area contributed by atoms with E-state index < -0.39 is 17.9 Å². The molecule has 1 saturated carbocycles. The van der Waals surface area contributed by atoms with Crippen molar-refractivity contribution in [3.63, 3.8) is 0 Å². The van der Waals surface area contributed by atoms with E-state index in [2.05, 4.69) is 14.7 Å². The van der Waals surface area contributed by atoms with Gasteiger partial charge in [-0.3, -0.25) is 19.3 Å². The van der Waals surface area contributed by atoms with Crippen molar-refractivity contribution in [2.24, 2.45) is 5.73 Å². The predicted octanol–water partition coefficient (Wildman–Crippen LogP) is 4.45. The summed E-state index contributed by atoms with van der Waals surface area (Å²) in [5.74, 6) is -1.63. The largest absolute Gasteiger partial charge is 0.395 e. The standard InChI is InChI=1S/C28H30N6O3S/c1-16-9-5-8-14-21(16)34(28(37)25-22(29)23(26(30)35)33-38-25)24(27(36)32-17-10-3-2-4-11-17)19-15-31-20-13-7-6-12-18(19)20/h5-9,12-15,17,24,31H,2-4,10-11,29H2,1H3,(H2,30,35)(H,32,36)/t24-/m0/s1. The van der Waals surface area contributed by atoms with Crippen LogP contribution < -0.4 is 21.7 Å². The molecule has 1 fully saturated rings. The molecule has 0 spiro atoms. The van der Waals surface area contributed by atoms with Crippen LogP contribution in [-0.4, -0.2) is 33.1 Å². The lowest BCUT2D eigenvalue weighted by Crippen LogP contribution is -2.47. The van der Waals surface area contributed by atoms with Crippen LogP contribution in [0.25, 0.3) is 10.9 Å². The number of nitrogens with two attached hydrogens (primary N) is 2. The smallest absolute Gasteiger partial charge is 0.273 e. The second-order valence-corrected chi connectivity index (χ2v) is 10.4. The molecule has 10 heteroatoms. The van der Waals surface area contributed by atoms with Gasteiger partial charge in [-0.15, -0.1) is 0 Å². The minimum absolute atomic E-state index is 0.0349. The maximum absolute atomic E-state index is 14.3. The van der Waals surface area contributed by atoms with Crippen LogP contribution in [0.2, 0.25) is 0 Å². The van der Waals surface area contributed by atoms with Gasteiger partial charge in [0.05, 0.1) is 5.69 Å². The Morgan fingerprint density at radius 1 is 1.08 bits per heavy atom. The Morgan fingerprint density at radius 2 is 1.79 bits per heavy atom. The molecule has 2 aromatic carbocycles. The number of primary amides is 1. The molecule has 38 heavy (non-hydrogen) atoms. The number of hydrogen-bond donors (Lipinski definition) is 4. The molecule has 0 bridgehead atoms. The minimum atomic E-state index is -1.01. The fourth-order valence-electron chi connectivity index (χ4n) is 5.18. The summed E-state index contributed by atoms with van der Waals surface area (Å²) < 4.78 is 4.03. The molecular formula is C28H30N6O3S. The number of H-pyrrole nitrogens is 1. The number of aryl methyl sites for hydroxylation is 1. The Bertz CT molecular complexity index is 1500. The van der Waals surface area contributed by atoms with Gasteiger partial charge >= 0.3 is 0 Å². The second kappa shape index (κ2) is 10.7. The van der Waals surface area contributed by atoms with E-state index in [1.54, 1.807) is 12.3 Å². The summed E-state index contributed by atoms with van der Waals surface area (Å²) in [6.45, 7) is 1.88. The van der Waals surface area contributed by atoms with Gasteiger partial charge in [-0.1, -0.05) is 55.7 Å². The van der Waals surface area contributed by atoms with Gasteiger partial charge in [-0.2, -0.15) is 4.37 Å². The number of aromatic nitrogens is 2. The van der Waals surface area contributed by atoms with Crippen molar-refractivity contribution < 1.29 is 14.4 Å². The molecule has 0 saturated heterocycles. The first-order chi connectivity index (χ1) is 18.4. The number of carbonyl (C=O) groups is 3. The first-order valence-electron chi connectivity index (χ1n) is 12.7. The minimum Gasteiger partial charge on any atom is -0.395 e. The predicted molar refractivity (Wildman–Crippen MR) is 149 cm³/mol. The number of rotatable bonds is 7. The van der Waals surface area contributed by atoms with Crippen LogP contribution in [0, 0.1) is 6.92 Å². The summed E-state index contributed by atoms with van der Waals surface area (Å²) in [4.78, 5) is 45.1. The summed E-state index contributed by atoms with van der Waals surface area (Å²) in [5.41, 5.74) is 14.2. The molecule has 9 nitrogen and oxygen atoms in total. The van der Waals surface area contributed by atoms with E-state index in [9.17, 15) is 14.4 Å². The Hall–Kier alpha value is -4.18. The molecule has 196 valence electrons. The molecule has 1 aliphatic carbocycles. The van der Waals surface area contributed by atoms with Crippen molar-refractivity contribution in [3.05, 3.63) is 76.4 Å². The Labute approximate surface area is 224 Å². The van der Waals surface area contributed by atoms with Gasteiger partial charge in [0.25, 0.3) is 11.8 Å². The Morgan fingerprint density at radius 3 is 2.50 bits per heavy atom. The van der Waals surface area contributed by atoms with E-state index in [1.807, 2.05) is 49.4 Å². The average molecular weight is 531 g/mol. The Balaban J connectivity index is 1.68. The fourth-order valence-corrected chi connectivity index (χ4v) is 5.93. The van der Waals surface area contributed by atoms with Crippen molar-refractivity contribution in [2.45, 2.75) is 51.1 Å². The first kappa shape index (κ1) is 25.5. The molecule has 5 rings (SSSR count). The molecule has 4 aromatic rings. The highest BCUT2D eigenvalue weighted by atomic mass is 32.1. The third kappa shape index (κ3) is 4.74. The molecule has 2 aromatic heterocycles. The fraction of sp³-hybridized carbons (Fsp3) is 0.286. The zero-order valence-corrected chi connectivity index (χ0v) is 21.9. The quantitative estimate of drug-likeness (QED) is 0.279. The number of anilines is 2. The van der Waals surface area contributed by atoms with E-state index >= 15 is 0 Å². The molecule has 0 aliphatic heterocycles. The first-order valence-corrected chi connectivity index (χ1v) is 13.4. The molecule has 0 unspecified atom stereocenters. The SMILES string of the molecule is Cc1ccccc1N(C(=O)c1snc(C(N)=O)c1N)[C@H](C(=O)NC1CCCCC1)c1c[nH]c2ccccc12. The lowest BCUT2D eigenvalue weighted by Gasteiger charge is -2.33. The number of para-hydroxylation sites is 2. The van der Waals surface area contributed by atoms with Crippen molar-refractivity contribution >= 4 is 51.5 Å². The molecule has 2 heterocycles. The van der Waals surface area contributed by atoms with Crippen LogP contribution in [0.1, 0.15) is 69.4 Å². The number of nitrogens with one attached hydrogen (secondary N) is 2. The summed E-state index contributed by atoms with van der Waals surface area (Å²) in [7, 11) is 0. The van der Waals surface area contributed by atoms with Gasteiger partial charge in [0, 0.05) is 34.4 Å². The van der Waals surface area contributed by atoms with Crippen LogP contribution in [-0.2, 0) is 4.79 Å². The number of aromatic amines is 1.